The number of hydrogen-bond acceptors (Lipinski definition) is 6. The molecule has 3 N–H and O–H groups in total. The van der Waals surface area contributed by atoms with E-state index < -0.39 is 40.1 Å². The molecule has 4 rings (SSSR count). The predicted molar refractivity (Wildman–Crippen MR) is 108 cm³/mol. The number of hydrogen-bond donors (Lipinski definition) is 3. The van der Waals surface area contributed by atoms with Crippen LogP contribution in [0.5, 0.6) is 0 Å². The zero-order chi connectivity index (χ0) is 22.2. The first-order valence-electron chi connectivity index (χ1n) is 10.6. The Balaban J connectivity index is 1.40. The molecule has 3 fully saturated rings. The standard InChI is InChI=1S/C20H28F4N4O2S/c21-17-18(25-10-13-7-9-31(29,30)11-13)26-12-27-19(17)28-8-1-2-16(28)14-3-5-15(6-4-14)20(22,23)24/h3-6,13,16-19,25-27H,1-2,7-12H2/t13?,16-,17?,18?,19?/m1/s1. The number of sulfone groups is 1. The van der Waals surface area contributed by atoms with Gasteiger partial charge in [-0.2, -0.15) is 13.2 Å². The maximum atomic E-state index is 15.4. The Bertz CT molecular complexity index is 865. The molecule has 1 aromatic rings. The van der Waals surface area contributed by atoms with Crippen molar-refractivity contribution in [2.75, 3.05) is 31.3 Å². The first kappa shape index (κ1) is 22.9. The van der Waals surface area contributed by atoms with Crippen LogP contribution in [-0.4, -0.2) is 63.1 Å². The van der Waals surface area contributed by atoms with Crippen molar-refractivity contribution in [2.45, 2.75) is 50.0 Å². The Morgan fingerprint density at radius 2 is 1.87 bits per heavy atom. The van der Waals surface area contributed by atoms with Crippen LogP contribution in [0.3, 0.4) is 0 Å². The second-order valence-electron chi connectivity index (χ2n) is 8.64. The van der Waals surface area contributed by atoms with Crippen molar-refractivity contribution in [3.63, 3.8) is 0 Å². The molecule has 31 heavy (non-hydrogen) atoms. The number of nitrogens with one attached hydrogen (secondary N) is 3. The SMILES string of the molecule is O=S1(=O)CCC(CNC2NCNC(N3CCC[C@@H]3c3ccc(C(F)(F)F)cc3)C2F)C1. The van der Waals surface area contributed by atoms with Gasteiger partial charge in [0.1, 0.15) is 0 Å². The number of rotatable bonds is 5. The summed E-state index contributed by atoms with van der Waals surface area (Å²) in [6.07, 6.45) is -4.72. The number of halogens is 4. The monoisotopic (exact) mass is 464 g/mol. The number of likely N-dealkylation sites (tertiary alicyclic amines) is 1. The van der Waals surface area contributed by atoms with Crippen molar-refractivity contribution in [1.29, 1.82) is 0 Å². The summed E-state index contributed by atoms with van der Waals surface area (Å²) < 4.78 is 77.3. The van der Waals surface area contributed by atoms with E-state index in [9.17, 15) is 21.6 Å². The molecular weight excluding hydrogens is 436 g/mol. The summed E-state index contributed by atoms with van der Waals surface area (Å²) >= 11 is 0. The van der Waals surface area contributed by atoms with Crippen LogP contribution >= 0.6 is 0 Å². The highest BCUT2D eigenvalue weighted by Crippen LogP contribution is 2.37. The summed E-state index contributed by atoms with van der Waals surface area (Å²) in [5.41, 5.74) is 0.0565. The first-order chi connectivity index (χ1) is 14.6. The molecule has 3 aliphatic heterocycles. The second kappa shape index (κ2) is 8.93. The molecule has 0 radical (unpaired) electrons. The van der Waals surface area contributed by atoms with Crippen LogP contribution in [0.4, 0.5) is 17.6 Å². The van der Waals surface area contributed by atoms with Gasteiger partial charge < -0.3 is 0 Å². The average Bonchev–Trinajstić information content (AvgIpc) is 3.33. The Morgan fingerprint density at radius 1 is 1.13 bits per heavy atom. The van der Waals surface area contributed by atoms with E-state index in [1.807, 2.05) is 4.90 Å². The predicted octanol–water partition coefficient (Wildman–Crippen LogP) is 2.01. The highest BCUT2D eigenvalue weighted by molar-refractivity contribution is 7.91. The summed E-state index contributed by atoms with van der Waals surface area (Å²) in [6.45, 7) is 1.45. The van der Waals surface area contributed by atoms with Crippen molar-refractivity contribution in [3.8, 4) is 0 Å². The Hall–Kier alpha value is -1.27. The molecular formula is C20H28F4N4O2S. The quantitative estimate of drug-likeness (QED) is 0.579. The smallest absolute Gasteiger partial charge is 0.299 e. The highest BCUT2D eigenvalue weighted by atomic mass is 32.2. The summed E-state index contributed by atoms with van der Waals surface area (Å²) in [7, 11) is -2.98. The van der Waals surface area contributed by atoms with Crippen molar-refractivity contribution >= 4 is 9.84 Å². The summed E-state index contributed by atoms with van der Waals surface area (Å²) in [4.78, 5) is 1.99. The fourth-order valence-corrected chi connectivity index (χ4v) is 6.73. The summed E-state index contributed by atoms with van der Waals surface area (Å²) in [5.74, 6) is 0.301. The largest absolute Gasteiger partial charge is 0.416 e. The summed E-state index contributed by atoms with van der Waals surface area (Å²) in [5, 5.41) is 9.33. The first-order valence-corrected chi connectivity index (χ1v) is 12.4. The minimum Gasteiger partial charge on any atom is -0.299 e. The Labute approximate surface area is 179 Å². The minimum atomic E-state index is -4.38. The molecule has 174 valence electrons. The minimum absolute atomic E-state index is 0.0148. The lowest BCUT2D eigenvalue weighted by molar-refractivity contribution is -0.137. The summed E-state index contributed by atoms with van der Waals surface area (Å²) in [6, 6.07) is 4.97. The van der Waals surface area contributed by atoms with Gasteiger partial charge in [0, 0.05) is 25.8 Å². The van der Waals surface area contributed by atoms with Gasteiger partial charge in [-0.25, -0.2) is 12.8 Å². The van der Waals surface area contributed by atoms with Crippen LogP contribution in [0.2, 0.25) is 0 Å². The zero-order valence-electron chi connectivity index (χ0n) is 17.0. The number of alkyl halides is 4. The maximum absolute atomic E-state index is 15.4. The molecule has 3 aliphatic rings. The normalized spacial score (nSPS) is 34.3. The van der Waals surface area contributed by atoms with Crippen LogP contribution < -0.4 is 16.0 Å². The molecule has 0 saturated carbocycles. The van der Waals surface area contributed by atoms with Crippen LogP contribution in [0, 0.1) is 5.92 Å². The van der Waals surface area contributed by atoms with E-state index in [0.29, 0.717) is 26.2 Å². The van der Waals surface area contributed by atoms with Gasteiger partial charge in [0.25, 0.3) is 0 Å². The van der Waals surface area contributed by atoms with Crippen LogP contribution in [0.1, 0.15) is 36.4 Å². The molecule has 3 heterocycles. The lowest BCUT2D eigenvalue weighted by Crippen LogP contribution is -2.68. The lowest BCUT2D eigenvalue weighted by atomic mass is 10.0. The lowest BCUT2D eigenvalue weighted by Gasteiger charge is -2.42. The molecule has 0 aliphatic carbocycles. The number of benzene rings is 1. The molecule has 0 spiro atoms. The van der Waals surface area contributed by atoms with Crippen molar-refractivity contribution < 1.29 is 26.0 Å². The fourth-order valence-electron chi connectivity index (χ4n) is 4.87. The van der Waals surface area contributed by atoms with E-state index in [1.54, 1.807) is 0 Å². The van der Waals surface area contributed by atoms with E-state index in [4.69, 9.17) is 0 Å². The fraction of sp³-hybridized carbons (Fsp3) is 0.700. The van der Waals surface area contributed by atoms with E-state index >= 15 is 4.39 Å². The third-order valence-corrected chi connectivity index (χ3v) is 8.32. The molecule has 5 atom stereocenters. The third kappa shape index (κ3) is 5.22. The highest BCUT2D eigenvalue weighted by Gasteiger charge is 2.42. The molecule has 0 bridgehead atoms. The van der Waals surface area contributed by atoms with Gasteiger partial charge in [-0.05, 0) is 42.9 Å². The van der Waals surface area contributed by atoms with Crippen molar-refractivity contribution in [1.82, 2.24) is 20.9 Å². The van der Waals surface area contributed by atoms with Gasteiger partial charge >= 0.3 is 6.18 Å². The third-order valence-electron chi connectivity index (χ3n) is 6.48. The van der Waals surface area contributed by atoms with Gasteiger partial charge in [-0.15, -0.1) is 0 Å². The molecule has 0 amide bonds. The topological polar surface area (TPSA) is 73.5 Å². The average molecular weight is 465 g/mol. The van der Waals surface area contributed by atoms with Crippen LogP contribution in [-0.2, 0) is 16.0 Å². The van der Waals surface area contributed by atoms with E-state index in [0.717, 1.165) is 30.5 Å². The number of nitrogens with zero attached hydrogens (tertiary/aromatic N) is 1. The molecule has 0 aromatic heterocycles. The maximum Gasteiger partial charge on any atom is 0.416 e. The van der Waals surface area contributed by atoms with Crippen molar-refractivity contribution in [2.24, 2.45) is 5.92 Å². The van der Waals surface area contributed by atoms with Gasteiger partial charge in [0.2, 0.25) is 0 Å². The van der Waals surface area contributed by atoms with Gasteiger partial charge in [0.15, 0.2) is 16.0 Å². The Morgan fingerprint density at radius 3 is 2.52 bits per heavy atom. The van der Waals surface area contributed by atoms with Gasteiger partial charge in [-0.3, -0.25) is 20.9 Å². The second-order valence-corrected chi connectivity index (χ2v) is 10.9. The van der Waals surface area contributed by atoms with Crippen LogP contribution in [0.25, 0.3) is 0 Å². The molecule has 1 aromatic carbocycles. The molecule has 3 saturated heterocycles. The van der Waals surface area contributed by atoms with E-state index in [-0.39, 0.29) is 23.5 Å². The molecule has 6 nitrogen and oxygen atoms in total. The Kier molecular flexibility index (Phi) is 6.60. The molecule has 11 heteroatoms. The van der Waals surface area contributed by atoms with Gasteiger partial charge in [0.05, 0.1) is 29.4 Å². The van der Waals surface area contributed by atoms with Gasteiger partial charge in [-0.1, -0.05) is 12.1 Å². The van der Waals surface area contributed by atoms with Crippen LogP contribution in [0.15, 0.2) is 24.3 Å². The molecule has 4 unspecified atom stereocenters. The van der Waals surface area contributed by atoms with E-state index in [1.165, 1.54) is 12.1 Å². The van der Waals surface area contributed by atoms with Crippen molar-refractivity contribution in [3.05, 3.63) is 35.4 Å². The van der Waals surface area contributed by atoms with E-state index in [2.05, 4.69) is 16.0 Å². The zero-order valence-corrected chi connectivity index (χ0v) is 17.9.